The number of rotatable bonds is 7. The number of aliphatic hydroxyl groups excluding tert-OH is 1. The molecule has 0 amide bonds. The molecule has 1 aromatic rings. The van der Waals surface area contributed by atoms with Gasteiger partial charge in [0, 0.05) is 12.6 Å². The molecule has 0 bridgehead atoms. The minimum atomic E-state index is 0.152. The van der Waals surface area contributed by atoms with Crippen LogP contribution in [0, 0.1) is 5.92 Å². The number of hydrogen-bond donors (Lipinski definition) is 2. The first-order valence-electron chi connectivity index (χ1n) is 5.76. The van der Waals surface area contributed by atoms with Gasteiger partial charge in [-0.1, -0.05) is 32.0 Å². The number of nitrogens with one attached hydrogen (secondary N) is 1. The van der Waals surface area contributed by atoms with Crippen LogP contribution < -0.4 is 10.1 Å². The second-order valence-corrected chi connectivity index (χ2v) is 4.15. The van der Waals surface area contributed by atoms with E-state index in [-0.39, 0.29) is 12.6 Å². The highest BCUT2D eigenvalue weighted by Gasteiger charge is 2.10. The maximum absolute atomic E-state index is 9.11. The predicted octanol–water partition coefficient (Wildman–Crippen LogP) is 1.67. The molecule has 0 heterocycles. The van der Waals surface area contributed by atoms with Crippen LogP contribution in [0.5, 0.6) is 5.75 Å². The molecule has 3 heteroatoms. The number of ether oxygens (including phenoxy) is 1. The van der Waals surface area contributed by atoms with Crippen LogP contribution in [0.2, 0.25) is 0 Å². The highest BCUT2D eigenvalue weighted by Crippen LogP contribution is 2.07. The maximum Gasteiger partial charge on any atom is 0.119 e. The van der Waals surface area contributed by atoms with Crippen molar-refractivity contribution in [3.63, 3.8) is 0 Å². The third-order valence-electron chi connectivity index (χ3n) is 2.52. The second kappa shape index (κ2) is 7.25. The van der Waals surface area contributed by atoms with Crippen LogP contribution in [-0.2, 0) is 0 Å². The van der Waals surface area contributed by atoms with Gasteiger partial charge in [-0.15, -0.1) is 0 Å². The van der Waals surface area contributed by atoms with Crippen LogP contribution in [0.25, 0.3) is 0 Å². The molecule has 0 fully saturated rings. The van der Waals surface area contributed by atoms with Gasteiger partial charge in [0.15, 0.2) is 0 Å². The molecule has 0 saturated carbocycles. The van der Waals surface area contributed by atoms with Crippen molar-refractivity contribution in [3.05, 3.63) is 30.3 Å². The predicted molar refractivity (Wildman–Crippen MR) is 65.7 cm³/mol. The minimum absolute atomic E-state index is 0.152. The zero-order valence-corrected chi connectivity index (χ0v) is 10.0. The smallest absolute Gasteiger partial charge is 0.119 e. The Bertz CT molecular complexity index is 275. The van der Waals surface area contributed by atoms with Gasteiger partial charge in [0.25, 0.3) is 0 Å². The molecule has 0 spiro atoms. The van der Waals surface area contributed by atoms with Crippen LogP contribution in [0.4, 0.5) is 0 Å². The normalized spacial score (nSPS) is 12.8. The molecule has 1 atom stereocenters. The van der Waals surface area contributed by atoms with Crippen molar-refractivity contribution in [1.82, 2.24) is 5.32 Å². The van der Waals surface area contributed by atoms with Gasteiger partial charge in [-0.3, -0.25) is 0 Å². The fourth-order valence-electron chi connectivity index (χ4n) is 1.44. The quantitative estimate of drug-likeness (QED) is 0.691. The molecule has 0 aliphatic carbocycles. The molecule has 0 aliphatic rings. The van der Waals surface area contributed by atoms with E-state index in [0.29, 0.717) is 12.5 Å². The molecule has 2 N–H and O–H groups in total. The average molecular weight is 223 g/mol. The summed E-state index contributed by atoms with van der Waals surface area (Å²) in [4.78, 5) is 0. The summed E-state index contributed by atoms with van der Waals surface area (Å²) in [6, 6.07) is 9.89. The molecule has 0 aliphatic heterocycles. The molecule has 1 rings (SSSR count). The Labute approximate surface area is 97.4 Å². The van der Waals surface area contributed by atoms with Crippen molar-refractivity contribution in [2.75, 3.05) is 19.8 Å². The zero-order valence-electron chi connectivity index (χ0n) is 10.0. The minimum Gasteiger partial charge on any atom is -0.492 e. The fourth-order valence-corrected chi connectivity index (χ4v) is 1.44. The van der Waals surface area contributed by atoms with Crippen molar-refractivity contribution in [2.24, 2.45) is 5.92 Å². The standard InChI is InChI=1S/C13H21NO2/c1-11(2)13(10-15)14-8-9-16-12-6-4-3-5-7-12/h3-7,11,13-15H,8-10H2,1-2H3/t13-/m1/s1. The van der Waals surface area contributed by atoms with E-state index in [4.69, 9.17) is 9.84 Å². The van der Waals surface area contributed by atoms with Crippen LogP contribution in [-0.4, -0.2) is 30.9 Å². The largest absolute Gasteiger partial charge is 0.492 e. The molecule has 16 heavy (non-hydrogen) atoms. The third-order valence-corrected chi connectivity index (χ3v) is 2.52. The molecular weight excluding hydrogens is 202 g/mol. The first-order valence-corrected chi connectivity index (χ1v) is 5.76. The van der Waals surface area contributed by atoms with Gasteiger partial charge in [0.2, 0.25) is 0 Å². The Morgan fingerprint density at radius 3 is 2.50 bits per heavy atom. The first kappa shape index (κ1) is 13.0. The van der Waals surface area contributed by atoms with Gasteiger partial charge < -0.3 is 15.2 Å². The van der Waals surface area contributed by atoms with E-state index < -0.39 is 0 Å². The van der Waals surface area contributed by atoms with E-state index in [1.807, 2.05) is 30.3 Å². The van der Waals surface area contributed by atoms with E-state index in [1.165, 1.54) is 0 Å². The summed E-state index contributed by atoms with van der Waals surface area (Å²) in [5.74, 6) is 1.32. The fraction of sp³-hybridized carbons (Fsp3) is 0.538. The molecule has 90 valence electrons. The SMILES string of the molecule is CC(C)[C@@H](CO)NCCOc1ccccc1. The summed E-state index contributed by atoms with van der Waals surface area (Å²) in [5.41, 5.74) is 0. The van der Waals surface area contributed by atoms with Gasteiger partial charge >= 0.3 is 0 Å². The lowest BCUT2D eigenvalue weighted by atomic mass is 10.1. The van der Waals surface area contributed by atoms with Gasteiger partial charge in [-0.2, -0.15) is 0 Å². The lowest BCUT2D eigenvalue weighted by Crippen LogP contribution is -2.39. The number of aliphatic hydroxyl groups is 1. The van der Waals surface area contributed by atoms with Crippen molar-refractivity contribution < 1.29 is 9.84 Å². The van der Waals surface area contributed by atoms with E-state index >= 15 is 0 Å². The molecule has 1 aromatic carbocycles. The van der Waals surface area contributed by atoms with Crippen molar-refractivity contribution in [1.29, 1.82) is 0 Å². The summed E-state index contributed by atoms with van der Waals surface area (Å²) < 4.78 is 5.54. The number of hydrogen-bond acceptors (Lipinski definition) is 3. The Morgan fingerprint density at radius 2 is 1.94 bits per heavy atom. The molecule has 0 saturated heterocycles. The molecule has 0 radical (unpaired) electrons. The lowest BCUT2D eigenvalue weighted by Gasteiger charge is -2.19. The summed E-state index contributed by atoms with van der Waals surface area (Å²) >= 11 is 0. The van der Waals surface area contributed by atoms with Gasteiger partial charge in [0.1, 0.15) is 12.4 Å². The lowest BCUT2D eigenvalue weighted by molar-refractivity contribution is 0.202. The van der Waals surface area contributed by atoms with Crippen LogP contribution in [0.1, 0.15) is 13.8 Å². The van der Waals surface area contributed by atoms with Gasteiger partial charge in [-0.05, 0) is 18.1 Å². The van der Waals surface area contributed by atoms with E-state index in [9.17, 15) is 0 Å². The maximum atomic E-state index is 9.11. The Balaban J connectivity index is 2.16. The molecule has 0 unspecified atom stereocenters. The van der Waals surface area contributed by atoms with Crippen LogP contribution in [0.15, 0.2) is 30.3 Å². The van der Waals surface area contributed by atoms with Crippen molar-refractivity contribution in [3.8, 4) is 5.75 Å². The van der Waals surface area contributed by atoms with Crippen LogP contribution >= 0.6 is 0 Å². The van der Waals surface area contributed by atoms with Gasteiger partial charge in [0.05, 0.1) is 6.61 Å². The Morgan fingerprint density at radius 1 is 1.25 bits per heavy atom. The number of para-hydroxylation sites is 1. The summed E-state index contributed by atoms with van der Waals surface area (Å²) in [6.07, 6.45) is 0. The van der Waals surface area contributed by atoms with Gasteiger partial charge in [-0.25, -0.2) is 0 Å². The Hall–Kier alpha value is -1.06. The van der Waals surface area contributed by atoms with E-state index in [0.717, 1.165) is 12.3 Å². The van der Waals surface area contributed by atoms with E-state index in [2.05, 4.69) is 19.2 Å². The topological polar surface area (TPSA) is 41.5 Å². The molecule has 0 aromatic heterocycles. The highest BCUT2D eigenvalue weighted by molar-refractivity contribution is 5.20. The first-order chi connectivity index (χ1) is 7.74. The highest BCUT2D eigenvalue weighted by atomic mass is 16.5. The van der Waals surface area contributed by atoms with Crippen molar-refractivity contribution in [2.45, 2.75) is 19.9 Å². The number of benzene rings is 1. The summed E-state index contributed by atoms with van der Waals surface area (Å²) in [6.45, 7) is 5.71. The monoisotopic (exact) mass is 223 g/mol. The summed E-state index contributed by atoms with van der Waals surface area (Å²) in [5, 5.41) is 12.4. The third kappa shape index (κ3) is 4.64. The second-order valence-electron chi connectivity index (χ2n) is 4.15. The Kier molecular flexibility index (Phi) is 5.90. The van der Waals surface area contributed by atoms with Crippen LogP contribution in [0.3, 0.4) is 0 Å². The van der Waals surface area contributed by atoms with E-state index in [1.54, 1.807) is 0 Å². The molecular formula is C13H21NO2. The zero-order chi connectivity index (χ0) is 11.8. The van der Waals surface area contributed by atoms with Crippen molar-refractivity contribution >= 4 is 0 Å². The summed E-state index contributed by atoms with van der Waals surface area (Å²) in [7, 11) is 0. The average Bonchev–Trinajstić information content (AvgIpc) is 2.30. The molecule has 3 nitrogen and oxygen atoms in total.